The summed E-state index contributed by atoms with van der Waals surface area (Å²) in [5, 5.41) is 18.8. The van der Waals surface area contributed by atoms with E-state index in [-0.39, 0.29) is 55.4 Å². The molecule has 4 N–H and O–H groups in total. The maximum absolute atomic E-state index is 13.1. The number of alkyl halides is 4. The fraction of sp³-hybridized carbons (Fsp3) is 0.773. The van der Waals surface area contributed by atoms with E-state index < -0.39 is 13.2 Å². The molecule has 1 amide bonds. The monoisotopic (exact) mass is 522 g/mol. The summed E-state index contributed by atoms with van der Waals surface area (Å²) in [5.41, 5.74) is 0.249. The van der Waals surface area contributed by atoms with Crippen LogP contribution < -0.4 is 16.0 Å². The molecule has 1 aromatic heterocycles. The first-order valence-corrected chi connectivity index (χ1v) is 12.2. The molecule has 0 radical (unpaired) electrons. The Labute approximate surface area is 207 Å². The third-order valence-electron chi connectivity index (χ3n) is 6.17. The number of carbonyl (C=O) groups excluding carboxylic acids is 1. The fourth-order valence-electron chi connectivity index (χ4n) is 4.34. The van der Waals surface area contributed by atoms with Crippen LogP contribution in [0.5, 0.6) is 0 Å². The smallest absolute Gasteiger partial charge is 0.345 e. The topological polar surface area (TPSA) is 121 Å². The molecule has 2 heterocycles. The van der Waals surface area contributed by atoms with Gasteiger partial charge in [0.15, 0.2) is 0 Å². The third-order valence-corrected chi connectivity index (χ3v) is 6.17. The number of nitrogens with zero attached hydrogens (tertiary/aromatic N) is 3. The van der Waals surface area contributed by atoms with Crippen molar-refractivity contribution in [2.75, 3.05) is 50.0 Å². The number of aliphatic hydroxyl groups is 1. The van der Waals surface area contributed by atoms with E-state index in [9.17, 15) is 27.5 Å². The highest BCUT2D eigenvalue weighted by Crippen LogP contribution is 2.24. The van der Waals surface area contributed by atoms with Crippen LogP contribution in [0.3, 0.4) is 0 Å². The summed E-state index contributed by atoms with van der Waals surface area (Å²) in [7, 11) is 0. The molecule has 14 heteroatoms. The standard InChI is InChI=1S/C22H34F4N6O4/c23-20(24)35-10-1-8-32-9-6-15(13-32)30-19(34)17-12-28-22(27-7-11-36-21(25)26)31-18(17)29-14-2-4-16(33)5-3-14/h12,14-16,20-21,33H,1-11,13H2,(H,30,34)(H2,27,28,29,31)/t14?,15-,16?/m0/s1. The van der Waals surface area contributed by atoms with Crippen LogP contribution in [0, 0.1) is 0 Å². The van der Waals surface area contributed by atoms with Crippen LogP contribution in [0.1, 0.15) is 48.9 Å². The summed E-state index contributed by atoms with van der Waals surface area (Å²) in [4.78, 5) is 23.7. The molecule has 36 heavy (non-hydrogen) atoms. The first-order chi connectivity index (χ1) is 17.3. The summed E-state index contributed by atoms with van der Waals surface area (Å²) < 4.78 is 57.0. The van der Waals surface area contributed by atoms with Crippen molar-refractivity contribution in [1.82, 2.24) is 20.2 Å². The minimum atomic E-state index is -2.87. The average molecular weight is 523 g/mol. The normalized spacial score (nSPS) is 22.8. The second-order valence-electron chi connectivity index (χ2n) is 8.91. The van der Waals surface area contributed by atoms with Crippen LogP contribution in [-0.2, 0) is 9.47 Å². The number of aliphatic hydroxyl groups excluding tert-OH is 1. The molecule has 1 atom stereocenters. The van der Waals surface area contributed by atoms with Gasteiger partial charge in [-0.15, -0.1) is 0 Å². The lowest BCUT2D eigenvalue weighted by Gasteiger charge is -2.27. The highest BCUT2D eigenvalue weighted by Gasteiger charge is 2.27. The number of amides is 1. The molecule has 0 aromatic carbocycles. The van der Waals surface area contributed by atoms with Crippen LogP contribution >= 0.6 is 0 Å². The van der Waals surface area contributed by atoms with Gasteiger partial charge in [-0.2, -0.15) is 22.5 Å². The molecule has 0 bridgehead atoms. The Morgan fingerprint density at radius 1 is 1.08 bits per heavy atom. The van der Waals surface area contributed by atoms with E-state index in [4.69, 9.17) is 0 Å². The molecular formula is C22H34F4N6O4. The zero-order valence-corrected chi connectivity index (χ0v) is 20.0. The van der Waals surface area contributed by atoms with Gasteiger partial charge in [0.2, 0.25) is 5.95 Å². The van der Waals surface area contributed by atoms with E-state index in [0.717, 1.165) is 13.0 Å². The molecule has 0 unspecified atom stereocenters. The number of carbonyl (C=O) groups is 1. The average Bonchev–Trinajstić information content (AvgIpc) is 3.28. The van der Waals surface area contributed by atoms with E-state index in [0.29, 0.717) is 51.0 Å². The van der Waals surface area contributed by atoms with Gasteiger partial charge in [-0.25, -0.2) is 4.98 Å². The molecule has 2 fully saturated rings. The number of anilines is 2. The van der Waals surface area contributed by atoms with Crippen LogP contribution in [-0.4, -0.2) is 96.7 Å². The minimum absolute atomic E-state index is 0.0160. The predicted octanol–water partition coefficient (Wildman–Crippen LogP) is 2.28. The Morgan fingerprint density at radius 3 is 2.53 bits per heavy atom. The first kappa shape index (κ1) is 28.3. The van der Waals surface area contributed by atoms with Gasteiger partial charge in [0.25, 0.3) is 5.91 Å². The molecule has 3 rings (SSSR count). The Balaban J connectivity index is 1.58. The summed E-state index contributed by atoms with van der Waals surface area (Å²) in [6, 6.07) is -0.0993. The summed E-state index contributed by atoms with van der Waals surface area (Å²) in [5.74, 6) is 0.134. The fourth-order valence-corrected chi connectivity index (χ4v) is 4.34. The number of hydrogen-bond donors (Lipinski definition) is 4. The van der Waals surface area contributed by atoms with Gasteiger partial charge < -0.3 is 35.4 Å². The molecular weight excluding hydrogens is 488 g/mol. The number of ether oxygens (including phenoxy) is 2. The first-order valence-electron chi connectivity index (χ1n) is 12.2. The van der Waals surface area contributed by atoms with E-state index in [1.165, 1.54) is 6.20 Å². The molecule has 2 aliphatic rings. The lowest BCUT2D eigenvalue weighted by molar-refractivity contribution is -0.129. The van der Waals surface area contributed by atoms with E-state index in [2.05, 4.69) is 40.3 Å². The van der Waals surface area contributed by atoms with Gasteiger partial charge in [-0.3, -0.25) is 4.79 Å². The largest absolute Gasteiger partial charge is 0.393 e. The van der Waals surface area contributed by atoms with E-state index in [1.54, 1.807) is 0 Å². The van der Waals surface area contributed by atoms with Gasteiger partial charge in [0, 0.05) is 44.5 Å². The van der Waals surface area contributed by atoms with Crippen LogP contribution in [0.15, 0.2) is 6.20 Å². The maximum atomic E-state index is 13.1. The van der Waals surface area contributed by atoms with Crippen molar-refractivity contribution in [3.05, 3.63) is 11.8 Å². The van der Waals surface area contributed by atoms with Crippen LogP contribution in [0.25, 0.3) is 0 Å². The van der Waals surface area contributed by atoms with Crippen molar-refractivity contribution < 1.29 is 36.9 Å². The highest BCUT2D eigenvalue weighted by atomic mass is 19.3. The Bertz CT molecular complexity index is 817. The maximum Gasteiger partial charge on any atom is 0.345 e. The zero-order valence-electron chi connectivity index (χ0n) is 20.0. The molecule has 10 nitrogen and oxygen atoms in total. The Kier molecular flexibility index (Phi) is 11.4. The van der Waals surface area contributed by atoms with Gasteiger partial charge in [0.05, 0.1) is 19.3 Å². The third kappa shape index (κ3) is 9.64. The van der Waals surface area contributed by atoms with E-state index in [1.807, 2.05) is 0 Å². The van der Waals surface area contributed by atoms with E-state index >= 15 is 0 Å². The molecule has 1 aliphatic heterocycles. The van der Waals surface area contributed by atoms with Crippen molar-refractivity contribution >= 4 is 17.7 Å². The van der Waals surface area contributed by atoms with Crippen molar-refractivity contribution in [3.8, 4) is 0 Å². The van der Waals surface area contributed by atoms with Crippen LogP contribution in [0.4, 0.5) is 29.3 Å². The molecule has 1 saturated heterocycles. The van der Waals surface area contributed by atoms with Crippen molar-refractivity contribution in [3.63, 3.8) is 0 Å². The molecule has 1 saturated carbocycles. The van der Waals surface area contributed by atoms with Crippen molar-refractivity contribution in [2.24, 2.45) is 0 Å². The summed E-state index contributed by atoms with van der Waals surface area (Å²) in [6.45, 7) is -3.92. The number of aromatic nitrogens is 2. The molecule has 0 spiro atoms. The zero-order chi connectivity index (χ0) is 25.9. The van der Waals surface area contributed by atoms with Crippen LogP contribution in [0.2, 0.25) is 0 Å². The Hall–Kier alpha value is -2.29. The second kappa shape index (κ2) is 14.4. The number of nitrogens with one attached hydrogen (secondary N) is 3. The number of hydrogen-bond acceptors (Lipinski definition) is 9. The lowest BCUT2D eigenvalue weighted by atomic mass is 9.93. The summed E-state index contributed by atoms with van der Waals surface area (Å²) >= 11 is 0. The van der Waals surface area contributed by atoms with Crippen molar-refractivity contribution in [1.29, 1.82) is 0 Å². The van der Waals surface area contributed by atoms with Gasteiger partial charge >= 0.3 is 13.2 Å². The van der Waals surface area contributed by atoms with Gasteiger partial charge in [0.1, 0.15) is 11.4 Å². The number of likely N-dealkylation sites (tertiary alicyclic amines) is 1. The predicted molar refractivity (Wildman–Crippen MR) is 123 cm³/mol. The summed E-state index contributed by atoms with van der Waals surface area (Å²) in [6.07, 6.45) is 4.94. The molecule has 1 aromatic rings. The number of halogens is 4. The SMILES string of the molecule is O=C(N[C@H]1CCN(CCCOC(F)F)C1)c1cnc(NCCOC(F)F)nc1NC1CCC(O)CC1. The quantitative estimate of drug-likeness (QED) is 0.215. The van der Waals surface area contributed by atoms with Crippen molar-refractivity contribution in [2.45, 2.75) is 69.9 Å². The lowest BCUT2D eigenvalue weighted by Crippen LogP contribution is -2.38. The highest BCUT2D eigenvalue weighted by molar-refractivity contribution is 5.98. The second-order valence-corrected chi connectivity index (χ2v) is 8.91. The molecule has 1 aliphatic carbocycles. The molecule has 204 valence electrons. The van der Waals surface area contributed by atoms with Gasteiger partial charge in [-0.05, 0) is 38.5 Å². The number of rotatable bonds is 14. The van der Waals surface area contributed by atoms with Gasteiger partial charge in [-0.1, -0.05) is 0 Å². The minimum Gasteiger partial charge on any atom is -0.393 e. The Morgan fingerprint density at radius 2 is 1.81 bits per heavy atom.